The van der Waals surface area contributed by atoms with Crippen molar-refractivity contribution in [3.05, 3.63) is 35.3 Å². The van der Waals surface area contributed by atoms with Crippen molar-refractivity contribution >= 4 is 27.3 Å². The van der Waals surface area contributed by atoms with Gasteiger partial charge in [-0.3, -0.25) is 0 Å². The van der Waals surface area contributed by atoms with Crippen molar-refractivity contribution in [1.29, 1.82) is 0 Å². The van der Waals surface area contributed by atoms with E-state index in [4.69, 9.17) is 10.5 Å². The summed E-state index contributed by atoms with van der Waals surface area (Å²) < 4.78 is 6.39. The Morgan fingerprint density at radius 3 is 3.00 bits per heavy atom. The molecule has 0 spiro atoms. The Labute approximate surface area is 105 Å². The van der Waals surface area contributed by atoms with Crippen molar-refractivity contribution in [2.75, 3.05) is 30.8 Å². The normalized spacial score (nSPS) is 10.1. The van der Waals surface area contributed by atoms with Crippen LogP contribution in [0.4, 0.5) is 11.4 Å². The van der Waals surface area contributed by atoms with Crippen LogP contribution >= 0.6 is 15.9 Å². The number of halogens is 1. The van der Waals surface area contributed by atoms with E-state index in [1.165, 1.54) is 0 Å². The van der Waals surface area contributed by atoms with E-state index in [1.54, 1.807) is 0 Å². The molecule has 4 heteroatoms. The molecule has 1 rings (SSSR count). The van der Waals surface area contributed by atoms with Crippen LogP contribution in [-0.4, -0.2) is 19.8 Å². The lowest BCUT2D eigenvalue weighted by Gasteiger charge is -2.09. The number of hydrogen-bond donors (Lipinski definition) is 2. The average Bonchev–Trinajstić information content (AvgIpc) is 2.28. The number of anilines is 2. The molecule has 0 fully saturated rings. The molecule has 0 saturated carbocycles. The van der Waals surface area contributed by atoms with Gasteiger partial charge in [0.1, 0.15) is 0 Å². The minimum absolute atomic E-state index is 0.666. The van der Waals surface area contributed by atoms with Crippen molar-refractivity contribution in [2.24, 2.45) is 0 Å². The molecular formula is C12H17BrN2O. The molecule has 0 aliphatic carbocycles. The Hall–Kier alpha value is -1.00. The molecule has 0 heterocycles. The van der Waals surface area contributed by atoms with Gasteiger partial charge in [0.25, 0.3) is 0 Å². The average molecular weight is 285 g/mol. The first-order valence-electron chi connectivity index (χ1n) is 5.21. The van der Waals surface area contributed by atoms with Gasteiger partial charge in [-0.05, 0) is 24.6 Å². The van der Waals surface area contributed by atoms with E-state index in [0.29, 0.717) is 6.61 Å². The minimum Gasteiger partial charge on any atom is -0.397 e. The molecule has 0 aliphatic heterocycles. The van der Waals surface area contributed by atoms with Crippen molar-refractivity contribution < 1.29 is 4.74 Å². The van der Waals surface area contributed by atoms with Crippen molar-refractivity contribution in [2.45, 2.75) is 6.42 Å². The quantitative estimate of drug-likeness (QED) is 0.460. The highest BCUT2D eigenvalue weighted by Gasteiger charge is 1.98. The molecule has 0 aliphatic rings. The first-order valence-corrected chi connectivity index (χ1v) is 6.01. The van der Waals surface area contributed by atoms with Gasteiger partial charge >= 0.3 is 0 Å². The van der Waals surface area contributed by atoms with E-state index < -0.39 is 0 Å². The van der Waals surface area contributed by atoms with Gasteiger partial charge in [0.15, 0.2) is 0 Å². The summed E-state index contributed by atoms with van der Waals surface area (Å²) in [6, 6.07) is 5.74. The molecule has 0 atom stereocenters. The lowest BCUT2D eigenvalue weighted by Crippen LogP contribution is -2.11. The second-order valence-electron chi connectivity index (χ2n) is 3.35. The molecule has 1 aromatic rings. The maximum atomic E-state index is 5.81. The third kappa shape index (κ3) is 4.68. The van der Waals surface area contributed by atoms with Crippen LogP contribution in [0.15, 0.2) is 35.3 Å². The third-order valence-corrected chi connectivity index (χ3v) is 2.54. The standard InChI is InChI=1S/C12H17BrN2O/c1-2-3-7-16-8-6-15-12-9-10(13)4-5-11(12)14/h2,4-5,9,15H,1,3,6-8,14H2. The Morgan fingerprint density at radius 1 is 1.44 bits per heavy atom. The second kappa shape index (κ2) is 7.30. The van der Waals surface area contributed by atoms with Gasteiger partial charge in [-0.15, -0.1) is 6.58 Å². The molecule has 16 heavy (non-hydrogen) atoms. The molecule has 0 radical (unpaired) electrons. The van der Waals surface area contributed by atoms with Crippen LogP contribution in [0.5, 0.6) is 0 Å². The van der Waals surface area contributed by atoms with E-state index in [2.05, 4.69) is 27.8 Å². The summed E-state index contributed by atoms with van der Waals surface area (Å²) in [7, 11) is 0. The fourth-order valence-electron chi connectivity index (χ4n) is 1.21. The zero-order valence-corrected chi connectivity index (χ0v) is 10.8. The van der Waals surface area contributed by atoms with Crippen molar-refractivity contribution in [3.8, 4) is 0 Å². The predicted octanol–water partition coefficient (Wildman–Crippen LogP) is 3.04. The molecular weight excluding hydrogens is 268 g/mol. The van der Waals surface area contributed by atoms with E-state index >= 15 is 0 Å². The van der Waals surface area contributed by atoms with Gasteiger partial charge in [0.2, 0.25) is 0 Å². The van der Waals surface area contributed by atoms with Gasteiger partial charge in [-0.1, -0.05) is 22.0 Å². The first-order chi connectivity index (χ1) is 7.74. The number of ether oxygens (including phenoxy) is 1. The van der Waals surface area contributed by atoms with Crippen LogP contribution in [0.2, 0.25) is 0 Å². The smallest absolute Gasteiger partial charge is 0.0639 e. The van der Waals surface area contributed by atoms with Gasteiger partial charge in [0.05, 0.1) is 24.6 Å². The van der Waals surface area contributed by atoms with E-state index in [-0.39, 0.29) is 0 Å². The van der Waals surface area contributed by atoms with Crippen LogP contribution in [0.1, 0.15) is 6.42 Å². The summed E-state index contributed by atoms with van der Waals surface area (Å²) in [6.07, 6.45) is 2.73. The molecule has 0 bridgehead atoms. The van der Waals surface area contributed by atoms with Crippen LogP contribution < -0.4 is 11.1 Å². The number of nitrogen functional groups attached to an aromatic ring is 1. The van der Waals surface area contributed by atoms with Crippen LogP contribution in [0, 0.1) is 0 Å². The Kier molecular flexibility index (Phi) is 5.96. The van der Waals surface area contributed by atoms with Crippen LogP contribution in [0.25, 0.3) is 0 Å². The number of hydrogen-bond acceptors (Lipinski definition) is 3. The summed E-state index contributed by atoms with van der Waals surface area (Å²) in [5.41, 5.74) is 7.49. The van der Waals surface area contributed by atoms with Gasteiger partial charge in [0, 0.05) is 11.0 Å². The topological polar surface area (TPSA) is 47.3 Å². The highest BCUT2D eigenvalue weighted by molar-refractivity contribution is 9.10. The zero-order valence-electron chi connectivity index (χ0n) is 9.21. The molecule has 3 N–H and O–H groups in total. The van der Waals surface area contributed by atoms with Crippen LogP contribution in [-0.2, 0) is 4.74 Å². The molecule has 0 amide bonds. The lowest BCUT2D eigenvalue weighted by molar-refractivity contribution is 0.149. The fraction of sp³-hybridized carbons (Fsp3) is 0.333. The number of benzene rings is 1. The molecule has 3 nitrogen and oxygen atoms in total. The highest BCUT2D eigenvalue weighted by Crippen LogP contribution is 2.22. The predicted molar refractivity (Wildman–Crippen MR) is 72.7 cm³/mol. The molecule has 0 saturated heterocycles. The lowest BCUT2D eigenvalue weighted by atomic mass is 10.3. The number of nitrogens with two attached hydrogens (primary N) is 1. The maximum absolute atomic E-state index is 5.81. The molecule has 0 aromatic heterocycles. The van der Waals surface area contributed by atoms with Crippen LogP contribution in [0.3, 0.4) is 0 Å². The SMILES string of the molecule is C=CCCOCCNc1cc(Br)ccc1N. The van der Waals surface area contributed by atoms with E-state index in [9.17, 15) is 0 Å². The number of rotatable bonds is 7. The van der Waals surface area contributed by atoms with Gasteiger partial charge in [-0.25, -0.2) is 0 Å². The largest absolute Gasteiger partial charge is 0.397 e. The Morgan fingerprint density at radius 2 is 2.25 bits per heavy atom. The van der Waals surface area contributed by atoms with Gasteiger partial charge in [-0.2, -0.15) is 0 Å². The van der Waals surface area contributed by atoms with Crippen molar-refractivity contribution in [1.82, 2.24) is 0 Å². The molecule has 88 valence electrons. The second-order valence-corrected chi connectivity index (χ2v) is 4.26. The Balaban J connectivity index is 2.26. The minimum atomic E-state index is 0.666. The zero-order chi connectivity index (χ0) is 11.8. The monoisotopic (exact) mass is 284 g/mol. The summed E-state index contributed by atoms with van der Waals surface area (Å²) in [5, 5.41) is 3.22. The highest BCUT2D eigenvalue weighted by atomic mass is 79.9. The third-order valence-electron chi connectivity index (χ3n) is 2.04. The van der Waals surface area contributed by atoms with E-state index in [0.717, 1.165) is 35.4 Å². The summed E-state index contributed by atoms with van der Waals surface area (Å²) in [6.45, 7) is 5.77. The van der Waals surface area contributed by atoms with Gasteiger partial charge < -0.3 is 15.8 Å². The first kappa shape index (κ1) is 13.1. The Bertz CT molecular complexity index is 342. The van der Waals surface area contributed by atoms with E-state index in [1.807, 2.05) is 24.3 Å². The number of nitrogens with one attached hydrogen (secondary N) is 1. The summed E-state index contributed by atoms with van der Waals surface area (Å²) >= 11 is 3.40. The molecule has 1 aromatic carbocycles. The maximum Gasteiger partial charge on any atom is 0.0639 e. The van der Waals surface area contributed by atoms with Crippen molar-refractivity contribution in [3.63, 3.8) is 0 Å². The summed E-state index contributed by atoms with van der Waals surface area (Å²) in [5.74, 6) is 0. The molecule has 0 unspecified atom stereocenters. The fourth-order valence-corrected chi connectivity index (χ4v) is 1.57. The summed E-state index contributed by atoms with van der Waals surface area (Å²) in [4.78, 5) is 0.